The smallest absolute Gasteiger partial charge is 0.237 e. The van der Waals surface area contributed by atoms with Gasteiger partial charge >= 0.3 is 0 Å². The molecule has 2 aromatic carbocycles. The van der Waals surface area contributed by atoms with Gasteiger partial charge in [0, 0.05) is 30.7 Å². The molecule has 4 nitrogen and oxygen atoms in total. The van der Waals surface area contributed by atoms with E-state index >= 15 is 0 Å². The van der Waals surface area contributed by atoms with Crippen molar-refractivity contribution in [3.8, 4) is 0 Å². The highest BCUT2D eigenvalue weighted by atomic mass is 19.1. The number of amides is 1. The van der Waals surface area contributed by atoms with Crippen molar-refractivity contribution in [1.29, 1.82) is 0 Å². The summed E-state index contributed by atoms with van der Waals surface area (Å²) in [6.45, 7) is 2.13. The largest absolute Gasteiger partial charge is 0.368 e. The van der Waals surface area contributed by atoms with Gasteiger partial charge in [-0.2, -0.15) is 0 Å². The second kappa shape index (κ2) is 7.47. The molecule has 2 unspecified atom stereocenters. The van der Waals surface area contributed by atoms with Crippen molar-refractivity contribution >= 4 is 29.2 Å². The number of allylic oxidation sites excluding steroid dienone is 1. The van der Waals surface area contributed by atoms with Crippen molar-refractivity contribution in [3.05, 3.63) is 65.5 Å². The van der Waals surface area contributed by atoms with Crippen LogP contribution in [0.15, 0.2) is 59.1 Å². The predicted molar refractivity (Wildman–Crippen MR) is 115 cm³/mol. The van der Waals surface area contributed by atoms with Crippen LogP contribution in [0.1, 0.15) is 37.2 Å². The van der Waals surface area contributed by atoms with Gasteiger partial charge in [0.1, 0.15) is 11.7 Å². The van der Waals surface area contributed by atoms with Gasteiger partial charge in [0.2, 0.25) is 5.91 Å². The molecule has 29 heavy (non-hydrogen) atoms. The van der Waals surface area contributed by atoms with E-state index in [4.69, 9.17) is 0 Å². The first kappa shape index (κ1) is 18.1. The second-order valence-electron chi connectivity index (χ2n) is 8.11. The van der Waals surface area contributed by atoms with E-state index in [0.717, 1.165) is 30.3 Å². The zero-order chi connectivity index (χ0) is 19.8. The molecular formula is C24H24FN3O. The van der Waals surface area contributed by atoms with Crippen molar-refractivity contribution in [1.82, 2.24) is 0 Å². The van der Waals surface area contributed by atoms with E-state index in [1.54, 1.807) is 17.9 Å². The third-order valence-electron chi connectivity index (χ3n) is 6.29. The van der Waals surface area contributed by atoms with Crippen LogP contribution < -0.4 is 10.2 Å². The van der Waals surface area contributed by atoms with Gasteiger partial charge in [0.15, 0.2) is 0 Å². The maximum Gasteiger partial charge on any atom is 0.237 e. The lowest BCUT2D eigenvalue weighted by Crippen LogP contribution is -2.36. The van der Waals surface area contributed by atoms with Gasteiger partial charge in [-0.1, -0.05) is 17.7 Å². The van der Waals surface area contributed by atoms with E-state index in [-0.39, 0.29) is 11.7 Å². The van der Waals surface area contributed by atoms with Crippen molar-refractivity contribution in [3.63, 3.8) is 0 Å². The van der Waals surface area contributed by atoms with Crippen molar-refractivity contribution in [2.45, 2.75) is 31.6 Å². The molecule has 0 aromatic heterocycles. The number of hydrogen-bond donors (Lipinski definition) is 1. The summed E-state index contributed by atoms with van der Waals surface area (Å²) in [5.74, 6) is -0.222. The zero-order valence-corrected chi connectivity index (χ0v) is 16.3. The van der Waals surface area contributed by atoms with Crippen LogP contribution in [0.4, 0.5) is 21.5 Å². The predicted octanol–water partition coefficient (Wildman–Crippen LogP) is 5.20. The summed E-state index contributed by atoms with van der Waals surface area (Å²) in [5.41, 5.74) is 4.92. The second-order valence-corrected chi connectivity index (χ2v) is 8.11. The van der Waals surface area contributed by atoms with Gasteiger partial charge in [0.05, 0.1) is 5.69 Å². The standard InChI is InChI=1S/C24H24FN3O/c25-18-5-10-21-22(24(29)27-23(21)13-18)14-26-19-6-8-20(9-7-19)28-12-11-16-3-1-2-4-17(16)15-28/h4-10,13-14,16,22H,1-3,11-12,15H2,(H,27,29). The Bertz CT molecular complexity index is 996. The average molecular weight is 389 g/mol. The molecule has 1 fully saturated rings. The number of piperidine rings is 1. The lowest BCUT2D eigenvalue weighted by atomic mass is 9.82. The Morgan fingerprint density at radius 2 is 2.00 bits per heavy atom. The monoisotopic (exact) mass is 389 g/mol. The minimum atomic E-state index is -0.484. The first-order valence-electron chi connectivity index (χ1n) is 10.4. The Kier molecular flexibility index (Phi) is 4.66. The summed E-state index contributed by atoms with van der Waals surface area (Å²) in [5, 5.41) is 2.72. The van der Waals surface area contributed by atoms with Gasteiger partial charge in [-0.25, -0.2) is 4.39 Å². The highest BCUT2D eigenvalue weighted by molar-refractivity contribution is 6.12. The number of rotatable bonds is 3. The first-order chi connectivity index (χ1) is 14.2. The quantitative estimate of drug-likeness (QED) is 0.579. The maximum absolute atomic E-state index is 13.4. The van der Waals surface area contributed by atoms with Crippen LogP contribution in [0.2, 0.25) is 0 Å². The molecule has 2 atom stereocenters. The van der Waals surface area contributed by atoms with Crippen LogP contribution in [-0.2, 0) is 4.79 Å². The van der Waals surface area contributed by atoms with Gasteiger partial charge in [0.25, 0.3) is 0 Å². The van der Waals surface area contributed by atoms with Crippen LogP contribution in [0.5, 0.6) is 0 Å². The minimum Gasteiger partial charge on any atom is -0.368 e. The molecule has 2 aliphatic heterocycles. The van der Waals surface area contributed by atoms with Crippen LogP contribution in [0, 0.1) is 11.7 Å². The normalized spacial score (nSPS) is 23.6. The third-order valence-corrected chi connectivity index (χ3v) is 6.29. The number of halogens is 1. The lowest BCUT2D eigenvalue weighted by Gasteiger charge is -2.37. The van der Waals surface area contributed by atoms with E-state index in [9.17, 15) is 9.18 Å². The molecule has 5 heteroatoms. The molecule has 2 aromatic rings. The summed E-state index contributed by atoms with van der Waals surface area (Å²) in [7, 11) is 0. The number of carbonyl (C=O) groups is 1. The number of hydrogen-bond acceptors (Lipinski definition) is 3. The van der Waals surface area contributed by atoms with Gasteiger partial charge in [-0.05, 0) is 73.6 Å². The van der Waals surface area contributed by atoms with E-state index in [1.165, 1.54) is 43.5 Å². The SMILES string of the molecule is O=C1Nc2cc(F)ccc2C1C=Nc1ccc(N2CCC3CCCC=C3C2)cc1. The van der Waals surface area contributed by atoms with Crippen molar-refractivity contribution in [2.75, 3.05) is 23.3 Å². The van der Waals surface area contributed by atoms with Gasteiger partial charge < -0.3 is 10.2 Å². The molecule has 3 aliphatic rings. The summed E-state index contributed by atoms with van der Waals surface area (Å²) >= 11 is 0. The fourth-order valence-electron chi connectivity index (χ4n) is 4.68. The summed E-state index contributed by atoms with van der Waals surface area (Å²) in [4.78, 5) is 19.1. The number of nitrogens with zero attached hydrogens (tertiary/aromatic N) is 2. The zero-order valence-electron chi connectivity index (χ0n) is 16.3. The molecule has 0 spiro atoms. The van der Waals surface area contributed by atoms with Crippen molar-refractivity contribution in [2.24, 2.45) is 10.9 Å². The summed E-state index contributed by atoms with van der Waals surface area (Å²) in [6.07, 6.45) is 9.22. The van der Waals surface area contributed by atoms with E-state index in [0.29, 0.717) is 5.69 Å². The van der Waals surface area contributed by atoms with Crippen LogP contribution in [0.25, 0.3) is 0 Å². The van der Waals surface area contributed by atoms with E-state index < -0.39 is 5.92 Å². The van der Waals surface area contributed by atoms with E-state index in [2.05, 4.69) is 33.4 Å². The maximum atomic E-state index is 13.4. The highest BCUT2D eigenvalue weighted by Gasteiger charge is 2.29. The average Bonchev–Trinajstić information content (AvgIpc) is 3.06. The van der Waals surface area contributed by atoms with Gasteiger partial charge in [-0.15, -0.1) is 0 Å². The minimum absolute atomic E-state index is 0.172. The molecule has 0 bridgehead atoms. The molecule has 2 heterocycles. The third kappa shape index (κ3) is 3.57. The number of anilines is 2. The topological polar surface area (TPSA) is 44.7 Å². The molecule has 1 N–H and O–H groups in total. The number of nitrogens with one attached hydrogen (secondary N) is 1. The molecule has 0 saturated carbocycles. The Hall–Kier alpha value is -2.95. The fraction of sp³-hybridized carbons (Fsp3) is 0.333. The van der Waals surface area contributed by atoms with E-state index in [1.807, 2.05) is 12.1 Å². The summed E-state index contributed by atoms with van der Waals surface area (Å²) < 4.78 is 13.4. The fourth-order valence-corrected chi connectivity index (χ4v) is 4.68. The number of carbonyl (C=O) groups excluding carboxylic acids is 1. The number of aliphatic imine (C=N–C) groups is 1. The van der Waals surface area contributed by atoms with Crippen molar-refractivity contribution < 1.29 is 9.18 Å². The van der Waals surface area contributed by atoms with Gasteiger partial charge in [-0.3, -0.25) is 9.79 Å². The molecule has 1 aliphatic carbocycles. The highest BCUT2D eigenvalue weighted by Crippen LogP contribution is 2.35. The molecule has 1 saturated heterocycles. The van der Waals surface area contributed by atoms with Crippen LogP contribution >= 0.6 is 0 Å². The molecule has 1 amide bonds. The van der Waals surface area contributed by atoms with Crippen LogP contribution in [-0.4, -0.2) is 25.2 Å². The molecule has 148 valence electrons. The first-order valence-corrected chi connectivity index (χ1v) is 10.4. The molecule has 0 radical (unpaired) electrons. The van der Waals surface area contributed by atoms with Crippen LogP contribution in [0.3, 0.4) is 0 Å². The summed E-state index contributed by atoms with van der Waals surface area (Å²) in [6, 6.07) is 12.6. The Labute approximate surface area is 170 Å². The Morgan fingerprint density at radius 1 is 1.14 bits per heavy atom. The lowest BCUT2D eigenvalue weighted by molar-refractivity contribution is -0.115. The Morgan fingerprint density at radius 3 is 2.86 bits per heavy atom. The molecule has 5 rings (SSSR count). The Balaban J connectivity index is 1.29. The number of benzene rings is 2. The molecular weight excluding hydrogens is 365 g/mol. The number of fused-ring (bicyclic) bond motifs is 2.